The fourth-order valence-corrected chi connectivity index (χ4v) is 5.20. The van der Waals surface area contributed by atoms with Crippen molar-refractivity contribution in [1.82, 2.24) is 14.8 Å². The highest BCUT2D eigenvalue weighted by Crippen LogP contribution is 2.40. The number of anilines is 2. The Labute approximate surface area is 256 Å². The van der Waals surface area contributed by atoms with E-state index in [0.717, 1.165) is 28.7 Å². The molecule has 0 radical (unpaired) electrons. The van der Waals surface area contributed by atoms with Crippen LogP contribution >= 0.6 is 0 Å². The van der Waals surface area contributed by atoms with Crippen LogP contribution in [0.15, 0.2) is 122 Å². The number of aromatic nitrogens is 3. The molecule has 0 fully saturated rings. The molecule has 44 heavy (non-hydrogen) atoms. The van der Waals surface area contributed by atoms with Gasteiger partial charge in [0.05, 0.1) is 17.7 Å². The van der Waals surface area contributed by atoms with Crippen molar-refractivity contribution in [3.63, 3.8) is 0 Å². The van der Waals surface area contributed by atoms with Gasteiger partial charge in [0.1, 0.15) is 30.0 Å². The van der Waals surface area contributed by atoms with Gasteiger partial charge in [0.15, 0.2) is 0 Å². The zero-order valence-electron chi connectivity index (χ0n) is 24.8. The molecule has 224 valence electrons. The Morgan fingerprint density at radius 3 is 1.86 bits per heavy atom. The fourth-order valence-electron chi connectivity index (χ4n) is 5.20. The first-order valence-corrected chi connectivity index (χ1v) is 14.2. The van der Waals surface area contributed by atoms with Gasteiger partial charge in [-0.05, 0) is 43.5 Å². The lowest BCUT2D eigenvalue weighted by atomic mass is 9.77. The van der Waals surface area contributed by atoms with Gasteiger partial charge in [0, 0.05) is 17.7 Å². The molecule has 3 aromatic carbocycles. The minimum Gasteiger partial charge on any atom is -0.447 e. The second-order valence-corrected chi connectivity index (χ2v) is 11.2. The third-order valence-electron chi connectivity index (χ3n) is 7.21. The Bertz CT molecular complexity index is 1590. The van der Waals surface area contributed by atoms with Gasteiger partial charge < -0.3 is 10.1 Å². The zero-order chi connectivity index (χ0) is 31.2. The van der Waals surface area contributed by atoms with Crippen LogP contribution in [0.2, 0.25) is 0 Å². The molecule has 0 saturated carbocycles. The SMILES string of the molecule is CC(C)(C)N(C(=O)OCCn1nccc1NC(c1ccccc1)(c1ccccc1)c1ccccc1)c1ccc([N+](=O)[O-])cn1. The summed E-state index contributed by atoms with van der Waals surface area (Å²) in [4.78, 5) is 29.3. The van der Waals surface area contributed by atoms with Crippen LogP contribution in [-0.2, 0) is 16.8 Å². The van der Waals surface area contributed by atoms with E-state index in [1.165, 1.54) is 17.0 Å². The van der Waals surface area contributed by atoms with Gasteiger partial charge in [-0.15, -0.1) is 0 Å². The molecule has 0 aliphatic heterocycles. The first kappa shape index (κ1) is 30.0. The summed E-state index contributed by atoms with van der Waals surface area (Å²) in [7, 11) is 0. The highest BCUT2D eigenvalue weighted by molar-refractivity contribution is 5.88. The van der Waals surface area contributed by atoms with Crippen LogP contribution in [0.3, 0.4) is 0 Å². The minimum atomic E-state index is -0.747. The lowest BCUT2D eigenvalue weighted by Crippen LogP contribution is -2.47. The van der Waals surface area contributed by atoms with Crippen LogP contribution in [0.25, 0.3) is 0 Å². The van der Waals surface area contributed by atoms with E-state index in [1.807, 2.05) is 81.4 Å². The Hall–Kier alpha value is -5.51. The van der Waals surface area contributed by atoms with Crippen molar-refractivity contribution < 1.29 is 14.5 Å². The molecule has 10 nitrogen and oxygen atoms in total. The van der Waals surface area contributed by atoms with Gasteiger partial charge in [0.25, 0.3) is 5.69 Å². The number of nitrogens with one attached hydrogen (secondary N) is 1. The number of nitrogens with zero attached hydrogens (tertiary/aromatic N) is 5. The topological polar surface area (TPSA) is 115 Å². The number of pyridine rings is 1. The number of nitro groups is 1. The average Bonchev–Trinajstić information content (AvgIpc) is 3.47. The van der Waals surface area contributed by atoms with Gasteiger partial charge >= 0.3 is 6.09 Å². The van der Waals surface area contributed by atoms with Crippen LogP contribution in [0, 0.1) is 10.1 Å². The Kier molecular flexibility index (Phi) is 8.71. The number of benzene rings is 3. The lowest BCUT2D eigenvalue weighted by Gasteiger charge is -2.37. The average molecular weight is 591 g/mol. The number of rotatable bonds is 10. The Morgan fingerprint density at radius 2 is 1.41 bits per heavy atom. The number of hydrogen-bond donors (Lipinski definition) is 1. The van der Waals surface area contributed by atoms with Gasteiger partial charge in [-0.1, -0.05) is 91.0 Å². The maximum atomic E-state index is 13.3. The Balaban J connectivity index is 1.41. The molecule has 0 bridgehead atoms. The summed E-state index contributed by atoms with van der Waals surface area (Å²) in [6, 6.07) is 35.4. The summed E-state index contributed by atoms with van der Waals surface area (Å²) >= 11 is 0. The van der Waals surface area contributed by atoms with Gasteiger partial charge in [-0.2, -0.15) is 5.10 Å². The third-order valence-corrected chi connectivity index (χ3v) is 7.21. The smallest absolute Gasteiger partial charge is 0.416 e. The highest BCUT2D eigenvalue weighted by Gasteiger charge is 2.37. The first-order valence-electron chi connectivity index (χ1n) is 14.2. The second-order valence-electron chi connectivity index (χ2n) is 11.2. The second kappa shape index (κ2) is 12.8. The normalized spacial score (nSPS) is 11.5. The number of ether oxygens (including phenoxy) is 1. The maximum Gasteiger partial charge on any atom is 0.416 e. The van der Waals surface area contributed by atoms with E-state index in [9.17, 15) is 14.9 Å². The van der Waals surface area contributed by atoms with Crippen LogP contribution < -0.4 is 10.2 Å². The molecule has 0 atom stereocenters. The molecule has 5 aromatic rings. The van der Waals surface area contributed by atoms with Crippen molar-refractivity contribution in [2.75, 3.05) is 16.8 Å². The van der Waals surface area contributed by atoms with E-state index in [-0.39, 0.29) is 24.7 Å². The van der Waals surface area contributed by atoms with Crippen LogP contribution in [0.4, 0.5) is 22.1 Å². The Morgan fingerprint density at radius 1 is 0.864 bits per heavy atom. The van der Waals surface area contributed by atoms with Crippen LogP contribution in [0.5, 0.6) is 0 Å². The molecule has 0 saturated heterocycles. The van der Waals surface area contributed by atoms with E-state index < -0.39 is 22.1 Å². The van der Waals surface area contributed by atoms with E-state index in [1.54, 1.807) is 10.9 Å². The minimum absolute atomic E-state index is 0.0315. The lowest BCUT2D eigenvalue weighted by molar-refractivity contribution is -0.385. The van der Waals surface area contributed by atoms with E-state index in [2.05, 4.69) is 51.8 Å². The predicted molar refractivity (Wildman–Crippen MR) is 170 cm³/mol. The summed E-state index contributed by atoms with van der Waals surface area (Å²) < 4.78 is 7.47. The van der Waals surface area contributed by atoms with Crippen molar-refractivity contribution in [3.05, 3.63) is 148 Å². The molecule has 5 rings (SSSR count). The van der Waals surface area contributed by atoms with Crippen LogP contribution in [0.1, 0.15) is 37.5 Å². The number of hydrogen-bond acceptors (Lipinski definition) is 7. The summed E-state index contributed by atoms with van der Waals surface area (Å²) in [5, 5.41) is 19.4. The van der Waals surface area contributed by atoms with Crippen molar-refractivity contribution >= 4 is 23.4 Å². The monoisotopic (exact) mass is 590 g/mol. The summed E-state index contributed by atoms with van der Waals surface area (Å²) in [6.45, 7) is 5.82. The van der Waals surface area contributed by atoms with Crippen molar-refractivity contribution in [1.29, 1.82) is 0 Å². The number of amides is 1. The number of carbonyl (C=O) groups excluding carboxylic acids is 1. The summed E-state index contributed by atoms with van der Waals surface area (Å²) in [5.74, 6) is 0.996. The summed E-state index contributed by atoms with van der Waals surface area (Å²) in [5.41, 5.74) is 1.54. The molecule has 0 unspecified atom stereocenters. The maximum absolute atomic E-state index is 13.3. The third kappa shape index (κ3) is 6.29. The fraction of sp³-hybridized carbons (Fsp3) is 0.206. The summed E-state index contributed by atoms with van der Waals surface area (Å²) in [6.07, 6.45) is 2.22. The quantitative estimate of drug-likeness (QED) is 0.105. The van der Waals surface area contributed by atoms with E-state index in [4.69, 9.17) is 4.74 Å². The van der Waals surface area contributed by atoms with Crippen LogP contribution in [-0.4, -0.2) is 37.9 Å². The largest absolute Gasteiger partial charge is 0.447 e. The molecule has 1 amide bonds. The predicted octanol–water partition coefficient (Wildman–Crippen LogP) is 7.03. The van der Waals surface area contributed by atoms with Gasteiger partial charge in [-0.25, -0.2) is 14.5 Å². The molecule has 0 aliphatic carbocycles. The molecule has 0 aliphatic rings. The molecule has 10 heteroatoms. The molecule has 2 aromatic heterocycles. The van der Waals surface area contributed by atoms with Crippen molar-refractivity contribution in [3.8, 4) is 0 Å². The molecular formula is C34H34N6O4. The van der Waals surface area contributed by atoms with E-state index >= 15 is 0 Å². The molecule has 1 N–H and O–H groups in total. The van der Waals surface area contributed by atoms with Crippen molar-refractivity contribution in [2.45, 2.75) is 38.4 Å². The number of carbonyl (C=O) groups is 1. The molecule has 0 spiro atoms. The standard InChI is InChI=1S/C34H34N6O4/c1-33(2,3)39(30-20-19-29(25-35-30)40(42)43)32(41)44-24-23-38-31(21-22-36-38)37-34(26-13-7-4-8-14-26,27-15-9-5-10-16-27)28-17-11-6-12-18-28/h4-22,25,37H,23-24H2,1-3H3. The van der Waals surface area contributed by atoms with Gasteiger partial charge in [-0.3, -0.25) is 15.0 Å². The molecule has 2 heterocycles. The van der Waals surface area contributed by atoms with E-state index in [0.29, 0.717) is 0 Å². The first-order chi connectivity index (χ1) is 21.2. The highest BCUT2D eigenvalue weighted by atomic mass is 16.6. The molecular weight excluding hydrogens is 556 g/mol. The van der Waals surface area contributed by atoms with Gasteiger partial charge in [0.2, 0.25) is 0 Å². The van der Waals surface area contributed by atoms with Crippen molar-refractivity contribution in [2.24, 2.45) is 0 Å². The zero-order valence-corrected chi connectivity index (χ0v) is 24.8.